The summed E-state index contributed by atoms with van der Waals surface area (Å²) in [5.74, 6) is 0.557. The van der Waals surface area contributed by atoms with Crippen molar-refractivity contribution in [2.75, 3.05) is 16.9 Å². The molecule has 2 heterocycles. The smallest absolute Gasteiger partial charge is 0.233 e. The predicted octanol–water partition coefficient (Wildman–Crippen LogP) is 5.18. The summed E-state index contributed by atoms with van der Waals surface area (Å²) >= 11 is 3.08. The van der Waals surface area contributed by atoms with Crippen LogP contribution in [0.4, 0.5) is 5.13 Å². The summed E-state index contributed by atoms with van der Waals surface area (Å²) in [6.07, 6.45) is 3.70. The first kappa shape index (κ1) is 22.6. The molecule has 9 heteroatoms. The minimum Gasteiger partial charge on any atom is -0.467 e. The maximum absolute atomic E-state index is 13.3. The number of benzene rings is 2. The van der Waals surface area contributed by atoms with Crippen LogP contribution in [-0.4, -0.2) is 31.3 Å². The summed E-state index contributed by atoms with van der Waals surface area (Å²) in [5.41, 5.74) is 1.62. The Morgan fingerprint density at radius 2 is 1.91 bits per heavy atom. The van der Waals surface area contributed by atoms with E-state index in [4.69, 9.17) is 9.40 Å². The van der Waals surface area contributed by atoms with Crippen molar-refractivity contribution in [3.63, 3.8) is 0 Å². The Hall–Kier alpha value is -2.62. The quantitative estimate of drug-likeness (QED) is 0.319. The van der Waals surface area contributed by atoms with Gasteiger partial charge in [0.05, 0.1) is 40.1 Å². The molecule has 0 aliphatic rings. The zero-order valence-electron chi connectivity index (χ0n) is 17.6. The number of aromatic nitrogens is 1. The van der Waals surface area contributed by atoms with Gasteiger partial charge in [-0.15, -0.1) is 11.8 Å². The van der Waals surface area contributed by atoms with Crippen LogP contribution in [-0.2, 0) is 27.6 Å². The number of anilines is 1. The summed E-state index contributed by atoms with van der Waals surface area (Å²) in [4.78, 5) is 21.1. The Balaban J connectivity index is 1.64. The number of rotatable bonds is 8. The minimum absolute atomic E-state index is 0.0395. The molecule has 0 aliphatic heterocycles. The maximum Gasteiger partial charge on any atom is 0.233 e. The van der Waals surface area contributed by atoms with Crippen LogP contribution in [0.2, 0.25) is 0 Å². The Morgan fingerprint density at radius 1 is 1.12 bits per heavy atom. The molecule has 0 spiro atoms. The molecule has 0 saturated carbocycles. The Morgan fingerprint density at radius 3 is 2.56 bits per heavy atom. The highest BCUT2D eigenvalue weighted by molar-refractivity contribution is 7.98. The number of thioether (sulfide) groups is 1. The van der Waals surface area contributed by atoms with Gasteiger partial charge in [0.25, 0.3) is 0 Å². The number of carbonyl (C=O) groups excluding carboxylic acids is 1. The van der Waals surface area contributed by atoms with Crippen LogP contribution in [0.3, 0.4) is 0 Å². The fraction of sp³-hybridized carbons (Fsp3) is 0.217. The number of thiazole rings is 1. The molecule has 2 aromatic heterocycles. The monoisotopic (exact) mass is 486 g/mol. The molecule has 4 aromatic rings. The maximum atomic E-state index is 13.3. The lowest BCUT2D eigenvalue weighted by molar-refractivity contribution is -0.118. The zero-order chi connectivity index (χ0) is 22.7. The molecule has 0 fully saturated rings. The standard InChI is InChI=1S/C23H22N2O4S3/c1-3-32(27,28)18-11-9-16(10-12-18)14-21(26)25(15-17-6-5-13-29-17)23-24-22-19(30-2)7-4-8-20(22)31-23/h4-13H,3,14-15H2,1-2H3. The second kappa shape index (κ2) is 9.48. The predicted molar refractivity (Wildman–Crippen MR) is 129 cm³/mol. The molecule has 166 valence electrons. The van der Waals surface area contributed by atoms with E-state index in [2.05, 4.69) is 0 Å². The van der Waals surface area contributed by atoms with E-state index in [-0.39, 0.29) is 29.5 Å². The van der Waals surface area contributed by atoms with E-state index in [0.717, 1.165) is 20.7 Å². The van der Waals surface area contributed by atoms with E-state index < -0.39 is 9.84 Å². The summed E-state index contributed by atoms with van der Waals surface area (Å²) in [6, 6.07) is 16.1. The minimum atomic E-state index is -3.28. The van der Waals surface area contributed by atoms with Crippen molar-refractivity contribution in [1.82, 2.24) is 4.98 Å². The third-order valence-corrected chi connectivity index (χ3v) is 8.60. The van der Waals surface area contributed by atoms with E-state index in [9.17, 15) is 13.2 Å². The Kier molecular flexibility index (Phi) is 6.68. The van der Waals surface area contributed by atoms with Gasteiger partial charge in [-0.2, -0.15) is 0 Å². The van der Waals surface area contributed by atoms with Gasteiger partial charge < -0.3 is 4.42 Å². The van der Waals surface area contributed by atoms with Gasteiger partial charge in [0, 0.05) is 4.90 Å². The van der Waals surface area contributed by atoms with Crippen LogP contribution in [0.1, 0.15) is 18.2 Å². The second-order valence-electron chi connectivity index (χ2n) is 7.09. The van der Waals surface area contributed by atoms with Crippen LogP contribution in [0.15, 0.2) is 75.1 Å². The summed E-state index contributed by atoms with van der Waals surface area (Å²) in [6.45, 7) is 1.88. The topological polar surface area (TPSA) is 80.5 Å². The van der Waals surface area contributed by atoms with Gasteiger partial charge in [-0.3, -0.25) is 9.69 Å². The number of fused-ring (bicyclic) bond motifs is 1. The molecular weight excluding hydrogens is 464 g/mol. The van der Waals surface area contributed by atoms with Crippen molar-refractivity contribution in [3.05, 3.63) is 72.2 Å². The van der Waals surface area contributed by atoms with Gasteiger partial charge in [0.2, 0.25) is 5.91 Å². The SMILES string of the molecule is CCS(=O)(=O)c1ccc(CC(=O)N(Cc2ccco2)c2nc3c(SC)cccc3s2)cc1. The number of carbonyl (C=O) groups is 1. The highest BCUT2D eigenvalue weighted by atomic mass is 32.2. The lowest BCUT2D eigenvalue weighted by atomic mass is 10.1. The largest absolute Gasteiger partial charge is 0.467 e. The average Bonchev–Trinajstić information content (AvgIpc) is 3.47. The lowest BCUT2D eigenvalue weighted by Crippen LogP contribution is -2.31. The number of para-hydroxylation sites is 1. The van der Waals surface area contributed by atoms with E-state index >= 15 is 0 Å². The lowest BCUT2D eigenvalue weighted by Gasteiger charge is -2.19. The first-order chi connectivity index (χ1) is 15.4. The van der Waals surface area contributed by atoms with Crippen molar-refractivity contribution < 1.29 is 17.6 Å². The van der Waals surface area contributed by atoms with Gasteiger partial charge in [0.15, 0.2) is 15.0 Å². The third kappa shape index (κ3) is 4.74. The number of amides is 1. The van der Waals surface area contributed by atoms with Crippen molar-refractivity contribution >= 4 is 54.2 Å². The highest BCUT2D eigenvalue weighted by Crippen LogP contribution is 2.35. The van der Waals surface area contributed by atoms with Crippen LogP contribution in [0.5, 0.6) is 0 Å². The number of furan rings is 1. The second-order valence-corrected chi connectivity index (χ2v) is 11.2. The molecule has 6 nitrogen and oxygen atoms in total. The molecule has 1 amide bonds. The van der Waals surface area contributed by atoms with Gasteiger partial charge in [-0.25, -0.2) is 13.4 Å². The summed E-state index contributed by atoms with van der Waals surface area (Å²) in [7, 11) is -3.28. The van der Waals surface area contributed by atoms with Crippen molar-refractivity contribution in [2.45, 2.75) is 29.7 Å². The van der Waals surface area contributed by atoms with E-state index in [1.54, 1.807) is 60.2 Å². The Labute approximate surface area is 195 Å². The molecule has 0 radical (unpaired) electrons. The average molecular weight is 487 g/mol. The number of sulfone groups is 1. The first-order valence-corrected chi connectivity index (χ1v) is 13.7. The molecule has 0 bridgehead atoms. The first-order valence-electron chi connectivity index (χ1n) is 9.99. The molecule has 0 N–H and O–H groups in total. The number of hydrogen-bond donors (Lipinski definition) is 0. The van der Waals surface area contributed by atoms with Gasteiger partial charge in [0.1, 0.15) is 5.76 Å². The molecule has 0 aliphatic carbocycles. The van der Waals surface area contributed by atoms with E-state index in [0.29, 0.717) is 10.9 Å². The summed E-state index contributed by atoms with van der Waals surface area (Å²) in [5, 5.41) is 0.605. The third-order valence-electron chi connectivity index (χ3n) is 5.03. The van der Waals surface area contributed by atoms with Crippen molar-refractivity contribution in [1.29, 1.82) is 0 Å². The molecule has 0 atom stereocenters. The molecule has 2 aromatic carbocycles. The summed E-state index contributed by atoms with van der Waals surface area (Å²) < 4.78 is 30.6. The van der Waals surface area contributed by atoms with Crippen LogP contribution < -0.4 is 4.90 Å². The fourth-order valence-corrected chi connectivity index (χ4v) is 5.79. The fourth-order valence-electron chi connectivity index (χ4n) is 3.26. The highest BCUT2D eigenvalue weighted by Gasteiger charge is 2.22. The molecule has 4 rings (SSSR count). The van der Waals surface area contributed by atoms with E-state index in [1.165, 1.54) is 11.3 Å². The molecular formula is C23H22N2O4S3. The van der Waals surface area contributed by atoms with Crippen molar-refractivity contribution in [2.24, 2.45) is 0 Å². The zero-order valence-corrected chi connectivity index (χ0v) is 20.1. The normalized spacial score (nSPS) is 11.7. The molecule has 32 heavy (non-hydrogen) atoms. The van der Waals surface area contributed by atoms with Gasteiger partial charge in [-0.05, 0) is 48.2 Å². The van der Waals surface area contributed by atoms with Gasteiger partial charge >= 0.3 is 0 Å². The van der Waals surface area contributed by atoms with Crippen LogP contribution in [0, 0.1) is 0 Å². The van der Waals surface area contributed by atoms with Gasteiger partial charge in [-0.1, -0.05) is 36.5 Å². The van der Waals surface area contributed by atoms with E-state index in [1.807, 2.05) is 30.5 Å². The van der Waals surface area contributed by atoms with Crippen LogP contribution >= 0.6 is 23.1 Å². The van der Waals surface area contributed by atoms with Crippen LogP contribution in [0.25, 0.3) is 10.2 Å². The van der Waals surface area contributed by atoms with Crippen molar-refractivity contribution in [3.8, 4) is 0 Å². The molecule has 0 unspecified atom stereocenters. The number of hydrogen-bond acceptors (Lipinski definition) is 7. The Bertz CT molecular complexity index is 1330. The number of nitrogens with zero attached hydrogens (tertiary/aromatic N) is 2. The molecule has 0 saturated heterocycles.